The molecule has 0 amide bonds. The van der Waals surface area contributed by atoms with Crippen LogP contribution in [0.15, 0.2) is 12.1 Å². The summed E-state index contributed by atoms with van der Waals surface area (Å²) in [6, 6.07) is 4.03. The topological polar surface area (TPSA) is 46.2 Å². The SMILES string of the molecule is Cc1cc(O)c(C(C)C)cc1CCCCN. The number of hydrogen-bond donors (Lipinski definition) is 2. The number of nitrogens with two attached hydrogens (primary N) is 1. The largest absolute Gasteiger partial charge is 0.508 e. The number of benzene rings is 1. The third-order valence-corrected chi connectivity index (χ3v) is 3.01. The van der Waals surface area contributed by atoms with Crippen LogP contribution in [0.1, 0.15) is 49.3 Å². The Hall–Kier alpha value is -1.02. The van der Waals surface area contributed by atoms with Crippen LogP contribution < -0.4 is 5.73 Å². The maximum atomic E-state index is 9.84. The molecule has 0 fully saturated rings. The quantitative estimate of drug-likeness (QED) is 0.750. The predicted octanol–water partition coefficient (Wildman–Crippen LogP) is 3.11. The lowest BCUT2D eigenvalue weighted by molar-refractivity contribution is 0.464. The van der Waals surface area contributed by atoms with Gasteiger partial charge in [0.25, 0.3) is 0 Å². The van der Waals surface area contributed by atoms with E-state index >= 15 is 0 Å². The first-order valence-electron chi connectivity index (χ1n) is 6.08. The summed E-state index contributed by atoms with van der Waals surface area (Å²) in [6.45, 7) is 7.03. The fourth-order valence-electron chi connectivity index (χ4n) is 1.95. The fraction of sp³-hybridized carbons (Fsp3) is 0.571. The van der Waals surface area contributed by atoms with Crippen LogP contribution >= 0.6 is 0 Å². The molecule has 1 rings (SSSR count). The Morgan fingerprint density at radius 3 is 2.50 bits per heavy atom. The van der Waals surface area contributed by atoms with E-state index in [9.17, 15) is 5.11 Å². The zero-order chi connectivity index (χ0) is 12.1. The van der Waals surface area contributed by atoms with Crippen molar-refractivity contribution in [3.8, 4) is 5.75 Å². The Morgan fingerprint density at radius 2 is 1.94 bits per heavy atom. The molecule has 0 aliphatic rings. The minimum atomic E-state index is 0.369. The highest BCUT2D eigenvalue weighted by atomic mass is 16.3. The van der Waals surface area contributed by atoms with Crippen molar-refractivity contribution in [2.75, 3.05) is 6.54 Å². The van der Waals surface area contributed by atoms with Gasteiger partial charge in [0, 0.05) is 0 Å². The molecule has 0 radical (unpaired) electrons. The first kappa shape index (κ1) is 13.0. The summed E-state index contributed by atoms with van der Waals surface area (Å²) in [5.74, 6) is 0.795. The molecule has 0 heterocycles. The zero-order valence-electron chi connectivity index (χ0n) is 10.6. The minimum absolute atomic E-state index is 0.369. The maximum absolute atomic E-state index is 9.84. The van der Waals surface area contributed by atoms with Gasteiger partial charge in [0.2, 0.25) is 0 Å². The maximum Gasteiger partial charge on any atom is 0.119 e. The van der Waals surface area contributed by atoms with Gasteiger partial charge in [-0.25, -0.2) is 0 Å². The Labute approximate surface area is 98.5 Å². The van der Waals surface area contributed by atoms with Crippen molar-refractivity contribution in [2.24, 2.45) is 5.73 Å². The van der Waals surface area contributed by atoms with Crippen LogP contribution in [-0.2, 0) is 6.42 Å². The molecule has 1 aromatic rings. The summed E-state index contributed by atoms with van der Waals surface area (Å²) in [6.07, 6.45) is 3.25. The van der Waals surface area contributed by atoms with Gasteiger partial charge in [-0.15, -0.1) is 0 Å². The average Bonchev–Trinajstić information content (AvgIpc) is 2.21. The standard InChI is InChI=1S/C14H23NO/c1-10(2)13-9-12(6-4-5-7-15)11(3)8-14(13)16/h8-10,16H,4-7,15H2,1-3H3. The van der Waals surface area contributed by atoms with Crippen LogP contribution in [-0.4, -0.2) is 11.7 Å². The molecule has 0 aliphatic heterocycles. The summed E-state index contributed by atoms with van der Waals surface area (Å²) in [5.41, 5.74) is 9.06. The van der Waals surface area contributed by atoms with Gasteiger partial charge in [-0.1, -0.05) is 19.9 Å². The molecule has 0 atom stereocenters. The summed E-state index contributed by atoms with van der Waals surface area (Å²) >= 11 is 0. The van der Waals surface area contributed by atoms with Gasteiger partial charge in [-0.2, -0.15) is 0 Å². The lowest BCUT2D eigenvalue weighted by Crippen LogP contribution is -2.00. The van der Waals surface area contributed by atoms with Crippen molar-refractivity contribution in [1.29, 1.82) is 0 Å². The third kappa shape index (κ3) is 3.24. The van der Waals surface area contributed by atoms with Crippen molar-refractivity contribution < 1.29 is 5.11 Å². The van der Waals surface area contributed by atoms with Crippen LogP contribution in [0.3, 0.4) is 0 Å². The van der Waals surface area contributed by atoms with E-state index in [0.717, 1.165) is 31.4 Å². The molecule has 0 aromatic heterocycles. The molecule has 2 nitrogen and oxygen atoms in total. The van der Waals surface area contributed by atoms with Crippen molar-refractivity contribution in [3.05, 3.63) is 28.8 Å². The number of aryl methyl sites for hydroxylation is 2. The van der Waals surface area contributed by atoms with E-state index < -0.39 is 0 Å². The van der Waals surface area contributed by atoms with Crippen LogP contribution in [0.5, 0.6) is 5.75 Å². The lowest BCUT2D eigenvalue weighted by atomic mass is 9.94. The van der Waals surface area contributed by atoms with E-state index in [1.54, 1.807) is 0 Å². The van der Waals surface area contributed by atoms with E-state index in [0.29, 0.717) is 11.7 Å². The smallest absolute Gasteiger partial charge is 0.119 e. The normalized spacial score (nSPS) is 11.1. The summed E-state index contributed by atoms with van der Waals surface area (Å²) in [5, 5.41) is 9.84. The number of hydrogen-bond acceptors (Lipinski definition) is 2. The second-order valence-electron chi connectivity index (χ2n) is 4.74. The van der Waals surface area contributed by atoms with Crippen molar-refractivity contribution in [2.45, 2.75) is 46.0 Å². The molecule has 16 heavy (non-hydrogen) atoms. The minimum Gasteiger partial charge on any atom is -0.508 e. The molecule has 0 aliphatic carbocycles. The number of phenolic OH excluding ortho intramolecular Hbond substituents is 1. The lowest BCUT2D eigenvalue weighted by Gasteiger charge is -2.13. The number of aromatic hydroxyl groups is 1. The molecule has 3 N–H and O–H groups in total. The summed E-state index contributed by atoms with van der Waals surface area (Å²) < 4.78 is 0. The van der Waals surface area contributed by atoms with E-state index in [1.165, 1.54) is 11.1 Å². The molecule has 0 bridgehead atoms. The molecule has 1 aromatic carbocycles. The van der Waals surface area contributed by atoms with Crippen molar-refractivity contribution >= 4 is 0 Å². The number of unbranched alkanes of at least 4 members (excludes halogenated alkanes) is 1. The molecular weight excluding hydrogens is 198 g/mol. The highest BCUT2D eigenvalue weighted by Gasteiger charge is 2.09. The van der Waals surface area contributed by atoms with Gasteiger partial charge in [-0.3, -0.25) is 0 Å². The van der Waals surface area contributed by atoms with Crippen LogP contribution in [0, 0.1) is 6.92 Å². The third-order valence-electron chi connectivity index (χ3n) is 3.01. The molecule has 90 valence electrons. The highest BCUT2D eigenvalue weighted by Crippen LogP contribution is 2.29. The summed E-state index contributed by atoms with van der Waals surface area (Å²) in [4.78, 5) is 0. The van der Waals surface area contributed by atoms with Gasteiger partial charge in [0.1, 0.15) is 5.75 Å². The molecule has 0 saturated carbocycles. The fourth-order valence-corrected chi connectivity index (χ4v) is 1.95. The summed E-state index contributed by atoms with van der Waals surface area (Å²) in [7, 11) is 0. The van der Waals surface area contributed by atoms with Crippen molar-refractivity contribution in [1.82, 2.24) is 0 Å². The van der Waals surface area contributed by atoms with Crippen LogP contribution in [0.25, 0.3) is 0 Å². The van der Waals surface area contributed by atoms with Gasteiger partial charge < -0.3 is 10.8 Å². The van der Waals surface area contributed by atoms with E-state index in [1.807, 2.05) is 6.07 Å². The van der Waals surface area contributed by atoms with Crippen LogP contribution in [0.4, 0.5) is 0 Å². The Morgan fingerprint density at radius 1 is 1.25 bits per heavy atom. The van der Waals surface area contributed by atoms with Gasteiger partial charge in [-0.05, 0) is 61.4 Å². The molecule has 0 spiro atoms. The number of rotatable bonds is 5. The van der Waals surface area contributed by atoms with E-state index in [2.05, 4.69) is 26.8 Å². The predicted molar refractivity (Wildman–Crippen MR) is 68.9 cm³/mol. The molecule has 0 unspecified atom stereocenters. The Kier molecular flexibility index (Phi) is 4.81. The average molecular weight is 221 g/mol. The van der Waals surface area contributed by atoms with Crippen molar-refractivity contribution in [3.63, 3.8) is 0 Å². The van der Waals surface area contributed by atoms with Crippen LogP contribution in [0.2, 0.25) is 0 Å². The monoisotopic (exact) mass is 221 g/mol. The number of phenols is 1. The first-order chi connectivity index (χ1) is 7.56. The second kappa shape index (κ2) is 5.90. The first-order valence-corrected chi connectivity index (χ1v) is 6.08. The van der Waals surface area contributed by atoms with Gasteiger partial charge in [0.15, 0.2) is 0 Å². The zero-order valence-corrected chi connectivity index (χ0v) is 10.6. The molecule has 0 saturated heterocycles. The Bertz CT molecular complexity index is 345. The van der Waals surface area contributed by atoms with E-state index in [-0.39, 0.29) is 0 Å². The Balaban J connectivity index is 2.87. The highest BCUT2D eigenvalue weighted by molar-refractivity contribution is 5.43. The molecule has 2 heteroatoms. The van der Waals surface area contributed by atoms with Gasteiger partial charge in [0.05, 0.1) is 0 Å². The molecular formula is C14H23NO. The van der Waals surface area contributed by atoms with Gasteiger partial charge >= 0.3 is 0 Å². The van der Waals surface area contributed by atoms with E-state index in [4.69, 9.17) is 5.73 Å². The second-order valence-corrected chi connectivity index (χ2v) is 4.74.